The fourth-order valence-electron chi connectivity index (χ4n) is 2.86. The minimum absolute atomic E-state index is 0.0128. The first kappa shape index (κ1) is 14.6. The zero-order valence-electron chi connectivity index (χ0n) is 11.7. The number of hydrogen-bond donors (Lipinski definition) is 2. The fourth-order valence-corrected chi connectivity index (χ4v) is 2.86. The summed E-state index contributed by atoms with van der Waals surface area (Å²) in [4.78, 5) is 38.0. The molecule has 0 saturated carbocycles. The van der Waals surface area contributed by atoms with E-state index in [9.17, 15) is 19.5 Å². The van der Waals surface area contributed by atoms with E-state index in [1.54, 1.807) is 0 Å². The molecule has 2 heterocycles. The molecule has 2 N–H and O–H groups in total. The van der Waals surface area contributed by atoms with E-state index in [0.29, 0.717) is 32.0 Å². The number of carbonyl (C=O) groups excluding carboxylic acids is 2. The number of amides is 3. The Morgan fingerprint density at radius 1 is 1.40 bits per heavy atom. The molecule has 7 nitrogen and oxygen atoms in total. The second kappa shape index (κ2) is 6.11. The summed E-state index contributed by atoms with van der Waals surface area (Å²) in [5.41, 5.74) is 0. The first-order chi connectivity index (χ1) is 9.52. The zero-order chi connectivity index (χ0) is 14.7. The van der Waals surface area contributed by atoms with Gasteiger partial charge in [0.1, 0.15) is 12.6 Å². The van der Waals surface area contributed by atoms with Crippen molar-refractivity contribution in [2.24, 2.45) is 5.92 Å². The molecule has 0 bridgehead atoms. The van der Waals surface area contributed by atoms with Crippen LogP contribution in [0.15, 0.2) is 0 Å². The van der Waals surface area contributed by atoms with E-state index >= 15 is 0 Å². The lowest BCUT2D eigenvalue weighted by atomic mass is 9.89. The van der Waals surface area contributed by atoms with Gasteiger partial charge < -0.3 is 20.2 Å². The number of carbonyl (C=O) groups is 3. The molecule has 0 aromatic carbocycles. The van der Waals surface area contributed by atoms with Crippen LogP contribution in [-0.4, -0.2) is 65.0 Å². The second-order valence-electron chi connectivity index (χ2n) is 5.40. The van der Waals surface area contributed by atoms with E-state index in [4.69, 9.17) is 0 Å². The molecule has 0 aromatic heterocycles. The van der Waals surface area contributed by atoms with Crippen molar-refractivity contribution in [1.82, 2.24) is 15.1 Å². The summed E-state index contributed by atoms with van der Waals surface area (Å²) in [7, 11) is 0. The van der Waals surface area contributed by atoms with E-state index in [0.717, 1.165) is 12.8 Å². The van der Waals surface area contributed by atoms with E-state index in [1.165, 1.54) is 9.80 Å². The maximum atomic E-state index is 12.4. The molecule has 112 valence electrons. The zero-order valence-corrected chi connectivity index (χ0v) is 11.7. The van der Waals surface area contributed by atoms with Crippen molar-refractivity contribution in [2.75, 3.05) is 26.2 Å². The number of carboxylic acid groups (broad SMARTS) is 1. The van der Waals surface area contributed by atoms with Crippen molar-refractivity contribution in [3.8, 4) is 0 Å². The SMILES string of the molecule is CCC1CCN(C(=O)N2CCNC(=O)C2)C(C(=O)O)C1. The predicted octanol–water partition coefficient (Wildman–Crippen LogP) is 0.113. The number of aliphatic carboxylic acids is 1. The lowest BCUT2D eigenvalue weighted by Gasteiger charge is -2.40. The minimum Gasteiger partial charge on any atom is -0.480 e. The molecule has 7 heteroatoms. The molecule has 2 unspecified atom stereocenters. The predicted molar refractivity (Wildman–Crippen MR) is 71.1 cm³/mol. The third-order valence-electron chi connectivity index (χ3n) is 4.13. The van der Waals surface area contributed by atoms with Gasteiger partial charge in [-0.25, -0.2) is 9.59 Å². The maximum absolute atomic E-state index is 12.4. The Hall–Kier alpha value is -1.79. The minimum atomic E-state index is -0.960. The Kier molecular flexibility index (Phi) is 4.46. The molecular formula is C13H21N3O4. The van der Waals surface area contributed by atoms with Crippen LogP contribution in [0, 0.1) is 5.92 Å². The van der Waals surface area contributed by atoms with Gasteiger partial charge in [-0.3, -0.25) is 4.79 Å². The third-order valence-corrected chi connectivity index (χ3v) is 4.13. The lowest BCUT2D eigenvalue weighted by molar-refractivity contribution is -0.144. The number of nitrogens with zero attached hydrogens (tertiary/aromatic N) is 2. The number of nitrogens with one attached hydrogen (secondary N) is 1. The number of carboxylic acids is 1. The van der Waals surface area contributed by atoms with E-state index in [-0.39, 0.29) is 18.5 Å². The normalized spacial score (nSPS) is 27.1. The molecule has 0 radical (unpaired) electrons. The Balaban J connectivity index is 2.07. The van der Waals surface area contributed by atoms with Crippen molar-refractivity contribution in [2.45, 2.75) is 32.2 Å². The molecule has 3 amide bonds. The van der Waals surface area contributed by atoms with E-state index in [1.807, 2.05) is 6.92 Å². The first-order valence-electron chi connectivity index (χ1n) is 7.08. The average Bonchev–Trinajstić information content (AvgIpc) is 2.45. The summed E-state index contributed by atoms with van der Waals surface area (Å²) < 4.78 is 0. The molecule has 2 fully saturated rings. The van der Waals surface area contributed by atoms with Crippen molar-refractivity contribution in [3.63, 3.8) is 0 Å². The highest BCUT2D eigenvalue weighted by Gasteiger charge is 2.38. The van der Waals surface area contributed by atoms with Gasteiger partial charge in [0.15, 0.2) is 0 Å². The summed E-state index contributed by atoms with van der Waals surface area (Å²) >= 11 is 0. The van der Waals surface area contributed by atoms with Crippen LogP contribution < -0.4 is 5.32 Å². The van der Waals surface area contributed by atoms with Gasteiger partial charge in [0.25, 0.3) is 0 Å². The van der Waals surface area contributed by atoms with Crippen LogP contribution >= 0.6 is 0 Å². The molecular weight excluding hydrogens is 262 g/mol. The van der Waals surface area contributed by atoms with Gasteiger partial charge in [-0.15, -0.1) is 0 Å². The van der Waals surface area contributed by atoms with Crippen molar-refractivity contribution in [3.05, 3.63) is 0 Å². The van der Waals surface area contributed by atoms with Crippen LogP contribution in [0.1, 0.15) is 26.2 Å². The molecule has 2 aliphatic rings. The summed E-state index contributed by atoms with van der Waals surface area (Å²) in [6.45, 7) is 3.36. The van der Waals surface area contributed by atoms with Gasteiger partial charge in [-0.1, -0.05) is 13.3 Å². The number of rotatable bonds is 2. The first-order valence-corrected chi connectivity index (χ1v) is 7.08. The molecule has 0 aliphatic carbocycles. The number of hydrogen-bond acceptors (Lipinski definition) is 3. The van der Waals surface area contributed by atoms with Crippen molar-refractivity contribution < 1.29 is 19.5 Å². The molecule has 2 atom stereocenters. The van der Waals surface area contributed by atoms with Gasteiger partial charge in [0.2, 0.25) is 5.91 Å². The highest BCUT2D eigenvalue weighted by atomic mass is 16.4. The topological polar surface area (TPSA) is 90.0 Å². The standard InChI is InChI=1S/C13H21N3O4/c1-2-9-3-5-16(10(7-9)12(18)19)13(20)15-6-4-14-11(17)8-15/h9-10H,2-8H2,1H3,(H,14,17)(H,18,19). The molecule has 2 aliphatic heterocycles. The summed E-state index contributed by atoms with van der Waals surface area (Å²) in [5.74, 6) is -0.803. The van der Waals surface area contributed by atoms with Crippen LogP contribution in [0.25, 0.3) is 0 Å². The van der Waals surface area contributed by atoms with Gasteiger partial charge in [0.05, 0.1) is 0 Å². The van der Waals surface area contributed by atoms with Gasteiger partial charge in [-0.2, -0.15) is 0 Å². The molecule has 2 rings (SSSR count). The fraction of sp³-hybridized carbons (Fsp3) is 0.769. The van der Waals surface area contributed by atoms with Crippen LogP contribution in [0.4, 0.5) is 4.79 Å². The Morgan fingerprint density at radius 3 is 2.75 bits per heavy atom. The van der Waals surface area contributed by atoms with Crippen LogP contribution in [-0.2, 0) is 9.59 Å². The highest BCUT2D eigenvalue weighted by molar-refractivity contribution is 5.87. The van der Waals surface area contributed by atoms with Crippen molar-refractivity contribution in [1.29, 1.82) is 0 Å². The number of urea groups is 1. The summed E-state index contributed by atoms with van der Waals surface area (Å²) in [5, 5.41) is 12.0. The highest BCUT2D eigenvalue weighted by Crippen LogP contribution is 2.26. The number of piperazine rings is 1. The lowest BCUT2D eigenvalue weighted by Crippen LogP contribution is -2.58. The van der Waals surface area contributed by atoms with Gasteiger partial charge in [0, 0.05) is 19.6 Å². The van der Waals surface area contributed by atoms with E-state index in [2.05, 4.69) is 5.32 Å². The number of piperidine rings is 1. The maximum Gasteiger partial charge on any atom is 0.326 e. The van der Waals surface area contributed by atoms with Crippen molar-refractivity contribution >= 4 is 17.9 Å². The van der Waals surface area contributed by atoms with Crippen LogP contribution in [0.2, 0.25) is 0 Å². The van der Waals surface area contributed by atoms with E-state index < -0.39 is 12.0 Å². The monoisotopic (exact) mass is 283 g/mol. The quantitative estimate of drug-likeness (QED) is 0.753. The largest absolute Gasteiger partial charge is 0.480 e. The number of likely N-dealkylation sites (tertiary alicyclic amines) is 1. The molecule has 0 aromatic rings. The Labute approximate surface area is 117 Å². The van der Waals surface area contributed by atoms with Gasteiger partial charge >= 0.3 is 12.0 Å². The molecule has 20 heavy (non-hydrogen) atoms. The summed E-state index contributed by atoms with van der Waals surface area (Å²) in [6, 6.07) is -1.10. The summed E-state index contributed by atoms with van der Waals surface area (Å²) in [6.07, 6.45) is 2.25. The molecule has 0 spiro atoms. The van der Waals surface area contributed by atoms with Gasteiger partial charge in [-0.05, 0) is 18.8 Å². The Bertz CT molecular complexity index is 412. The van der Waals surface area contributed by atoms with Crippen LogP contribution in [0.3, 0.4) is 0 Å². The second-order valence-corrected chi connectivity index (χ2v) is 5.40. The molecule has 2 saturated heterocycles. The van der Waals surface area contributed by atoms with Crippen LogP contribution in [0.5, 0.6) is 0 Å². The Morgan fingerprint density at radius 2 is 2.15 bits per heavy atom. The third kappa shape index (κ3) is 3.02. The smallest absolute Gasteiger partial charge is 0.326 e. The average molecular weight is 283 g/mol.